The highest BCUT2D eigenvalue weighted by atomic mass is 35.5. The summed E-state index contributed by atoms with van der Waals surface area (Å²) in [7, 11) is 0. The molecule has 0 N–H and O–H groups in total. The van der Waals surface area contributed by atoms with Crippen molar-refractivity contribution in [3.63, 3.8) is 0 Å². The van der Waals surface area contributed by atoms with Crippen LogP contribution in [0.3, 0.4) is 0 Å². The van der Waals surface area contributed by atoms with E-state index in [1.807, 2.05) is 0 Å². The van der Waals surface area contributed by atoms with Crippen LogP contribution in [0.15, 0.2) is 24.3 Å². The van der Waals surface area contributed by atoms with Crippen LogP contribution < -0.4 is 0 Å². The molecule has 0 aliphatic heterocycles. The molecule has 13 heavy (non-hydrogen) atoms. The Labute approximate surface area is 90.9 Å². The van der Waals surface area contributed by atoms with Crippen molar-refractivity contribution >= 4 is 46.1 Å². The molecule has 0 spiro atoms. The molecule has 0 saturated carbocycles. The van der Waals surface area contributed by atoms with Gasteiger partial charge in [0.2, 0.25) is 5.24 Å². The number of benzene rings is 1. The van der Waals surface area contributed by atoms with Gasteiger partial charge in [-0.2, -0.15) is 0 Å². The molecule has 1 aromatic carbocycles. The summed E-state index contributed by atoms with van der Waals surface area (Å²) in [4.78, 5) is 10.4. The second kappa shape index (κ2) is 4.66. The van der Waals surface area contributed by atoms with Crippen molar-refractivity contribution in [3.05, 3.63) is 39.9 Å². The molecule has 0 aliphatic rings. The van der Waals surface area contributed by atoms with Crippen LogP contribution in [0.2, 0.25) is 10.0 Å². The fourth-order valence-corrected chi connectivity index (χ4v) is 1.33. The van der Waals surface area contributed by atoms with Gasteiger partial charge in [-0.3, -0.25) is 4.79 Å². The summed E-state index contributed by atoms with van der Waals surface area (Å²) in [6, 6.07) is 4.99. The van der Waals surface area contributed by atoms with E-state index in [4.69, 9.17) is 34.8 Å². The Hall–Kier alpha value is -0.500. The maximum Gasteiger partial charge on any atom is 0.245 e. The molecule has 4 heteroatoms. The molecule has 0 aromatic heterocycles. The Morgan fingerprint density at radius 2 is 2.00 bits per heavy atom. The van der Waals surface area contributed by atoms with Crippen molar-refractivity contribution in [2.75, 3.05) is 0 Å². The molecule has 0 fully saturated rings. The van der Waals surface area contributed by atoms with Gasteiger partial charge in [0, 0.05) is 10.0 Å². The van der Waals surface area contributed by atoms with Gasteiger partial charge in [-0.05, 0) is 41.4 Å². The molecule has 0 aliphatic carbocycles. The van der Waals surface area contributed by atoms with Gasteiger partial charge < -0.3 is 0 Å². The average Bonchev–Trinajstić information content (AvgIpc) is 2.02. The highest BCUT2D eigenvalue weighted by molar-refractivity contribution is 6.66. The molecule has 0 amide bonds. The second-order valence-corrected chi connectivity index (χ2v) is 3.52. The first kappa shape index (κ1) is 10.6. The van der Waals surface area contributed by atoms with Crippen molar-refractivity contribution in [2.24, 2.45) is 0 Å². The molecule has 0 atom stereocenters. The first-order valence-corrected chi connectivity index (χ1v) is 4.55. The molecule has 0 unspecified atom stereocenters. The number of halogens is 3. The molecule has 0 bridgehead atoms. The zero-order valence-electron chi connectivity index (χ0n) is 6.43. The highest BCUT2D eigenvalue weighted by Gasteiger charge is 1.97. The Morgan fingerprint density at radius 1 is 1.31 bits per heavy atom. The van der Waals surface area contributed by atoms with Crippen LogP contribution in [-0.2, 0) is 4.79 Å². The van der Waals surface area contributed by atoms with Crippen molar-refractivity contribution < 1.29 is 4.79 Å². The summed E-state index contributed by atoms with van der Waals surface area (Å²) in [6.07, 6.45) is 2.77. The lowest BCUT2D eigenvalue weighted by Crippen LogP contribution is -1.78. The maximum atomic E-state index is 10.4. The molecule has 0 radical (unpaired) electrons. The van der Waals surface area contributed by atoms with Crippen molar-refractivity contribution in [1.29, 1.82) is 0 Å². The van der Waals surface area contributed by atoms with Crippen LogP contribution in [0.1, 0.15) is 5.56 Å². The van der Waals surface area contributed by atoms with E-state index >= 15 is 0 Å². The van der Waals surface area contributed by atoms with Gasteiger partial charge in [0.1, 0.15) is 0 Å². The second-order valence-electron chi connectivity index (χ2n) is 2.30. The Bertz CT molecular complexity index is 358. The molecular weight excluding hydrogens is 230 g/mol. The third kappa shape index (κ3) is 3.39. The highest BCUT2D eigenvalue weighted by Crippen LogP contribution is 2.21. The zero-order valence-corrected chi connectivity index (χ0v) is 8.70. The fraction of sp³-hybridized carbons (Fsp3) is 0. The monoisotopic (exact) mass is 234 g/mol. The minimum Gasteiger partial charge on any atom is -0.276 e. The van der Waals surface area contributed by atoms with E-state index in [1.165, 1.54) is 12.2 Å². The van der Waals surface area contributed by atoms with E-state index in [0.717, 1.165) is 0 Å². The first-order chi connectivity index (χ1) is 6.09. The van der Waals surface area contributed by atoms with Crippen molar-refractivity contribution in [1.82, 2.24) is 0 Å². The Kier molecular flexibility index (Phi) is 3.79. The van der Waals surface area contributed by atoms with E-state index in [0.29, 0.717) is 15.6 Å². The Morgan fingerprint density at radius 3 is 2.54 bits per heavy atom. The number of allylic oxidation sites excluding steroid dienone is 1. The average molecular weight is 235 g/mol. The number of hydrogen-bond acceptors (Lipinski definition) is 1. The summed E-state index contributed by atoms with van der Waals surface area (Å²) >= 11 is 16.6. The number of hydrogen-bond donors (Lipinski definition) is 0. The number of carbonyl (C=O) groups excluding carboxylic acids is 1. The van der Waals surface area contributed by atoms with Crippen LogP contribution in [0.5, 0.6) is 0 Å². The third-order valence-corrected chi connectivity index (χ3v) is 2.04. The SMILES string of the molecule is O=C(Cl)/C=C/c1ccc(Cl)cc1Cl. The van der Waals surface area contributed by atoms with Crippen molar-refractivity contribution in [2.45, 2.75) is 0 Å². The van der Waals surface area contributed by atoms with Gasteiger partial charge in [-0.25, -0.2) is 0 Å². The Balaban J connectivity index is 2.96. The normalized spacial score (nSPS) is 10.7. The zero-order chi connectivity index (χ0) is 9.84. The summed E-state index contributed by atoms with van der Waals surface area (Å²) in [5.41, 5.74) is 0.708. The predicted molar refractivity (Wildman–Crippen MR) is 56.4 cm³/mol. The van der Waals surface area contributed by atoms with E-state index in [1.54, 1.807) is 18.2 Å². The summed E-state index contributed by atoms with van der Waals surface area (Å²) < 4.78 is 0. The topological polar surface area (TPSA) is 17.1 Å². The standard InChI is InChI=1S/C9H5Cl3O/c10-7-3-1-6(8(11)5-7)2-4-9(12)13/h1-5H/b4-2+. The van der Waals surface area contributed by atoms with Gasteiger partial charge >= 0.3 is 0 Å². The summed E-state index contributed by atoms with van der Waals surface area (Å²) in [5, 5.41) is 0.507. The van der Waals surface area contributed by atoms with Gasteiger partial charge in [0.05, 0.1) is 0 Å². The van der Waals surface area contributed by atoms with E-state index < -0.39 is 5.24 Å². The van der Waals surface area contributed by atoms with Crippen molar-refractivity contribution in [3.8, 4) is 0 Å². The summed E-state index contributed by atoms with van der Waals surface area (Å²) in [6.45, 7) is 0. The number of rotatable bonds is 2. The third-order valence-electron chi connectivity index (χ3n) is 1.36. The smallest absolute Gasteiger partial charge is 0.245 e. The van der Waals surface area contributed by atoms with Crippen LogP contribution in [0.25, 0.3) is 6.08 Å². The van der Waals surface area contributed by atoms with Crippen LogP contribution in [0, 0.1) is 0 Å². The van der Waals surface area contributed by atoms with Crippen LogP contribution >= 0.6 is 34.8 Å². The minimum absolute atomic E-state index is 0.488. The molecule has 1 nitrogen and oxygen atoms in total. The molecule has 0 saturated heterocycles. The van der Waals surface area contributed by atoms with Crippen LogP contribution in [0.4, 0.5) is 0 Å². The molecule has 68 valence electrons. The molecule has 1 aromatic rings. The van der Waals surface area contributed by atoms with Gasteiger partial charge in [-0.1, -0.05) is 29.3 Å². The maximum absolute atomic E-state index is 10.4. The number of carbonyl (C=O) groups is 1. The lowest BCUT2D eigenvalue weighted by Gasteiger charge is -1.97. The van der Waals surface area contributed by atoms with Gasteiger partial charge in [0.25, 0.3) is 0 Å². The van der Waals surface area contributed by atoms with Gasteiger partial charge in [-0.15, -0.1) is 0 Å². The predicted octanol–water partition coefficient (Wildman–Crippen LogP) is 3.77. The van der Waals surface area contributed by atoms with Gasteiger partial charge in [0.15, 0.2) is 0 Å². The fourth-order valence-electron chi connectivity index (χ4n) is 0.792. The largest absolute Gasteiger partial charge is 0.276 e. The molecular formula is C9H5Cl3O. The lowest BCUT2D eigenvalue weighted by atomic mass is 10.2. The summed E-state index contributed by atoms with van der Waals surface area (Å²) in [5.74, 6) is 0. The van der Waals surface area contributed by atoms with E-state index in [-0.39, 0.29) is 0 Å². The first-order valence-electron chi connectivity index (χ1n) is 3.42. The lowest BCUT2D eigenvalue weighted by molar-refractivity contribution is -0.107. The minimum atomic E-state index is -0.536. The molecule has 1 rings (SSSR count). The van der Waals surface area contributed by atoms with E-state index in [9.17, 15) is 4.79 Å². The van der Waals surface area contributed by atoms with E-state index in [2.05, 4.69) is 0 Å². The van der Waals surface area contributed by atoms with Crippen LogP contribution in [-0.4, -0.2) is 5.24 Å². The quantitative estimate of drug-likeness (QED) is 0.563. The molecule has 0 heterocycles.